The molecule has 0 fully saturated rings. The van der Waals surface area contributed by atoms with Crippen molar-refractivity contribution in [1.82, 2.24) is 4.72 Å². The highest BCUT2D eigenvalue weighted by Gasteiger charge is 2.20. The van der Waals surface area contributed by atoms with Crippen LogP contribution in [0.5, 0.6) is 0 Å². The van der Waals surface area contributed by atoms with E-state index in [2.05, 4.69) is 20.7 Å². The van der Waals surface area contributed by atoms with E-state index in [1.807, 2.05) is 0 Å². The third-order valence-corrected chi connectivity index (χ3v) is 5.14. The second kappa shape index (κ2) is 7.10. The number of alkyl halides is 1. The third kappa shape index (κ3) is 4.70. The van der Waals surface area contributed by atoms with Gasteiger partial charge in [0.2, 0.25) is 10.0 Å². The third-order valence-electron chi connectivity index (χ3n) is 2.31. The van der Waals surface area contributed by atoms with Gasteiger partial charge in [-0.2, -0.15) is 0 Å². The summed E-state index contributed by atoms with van der Waals surface area (Å²) in [5, 5.41) is 0.196. The van der Waals surface area contributed by atoms with Gasteiger partial charge < -0.3 is 0 Å². The average molecular weight is 375 g/mol. The van der Waals surface area contributed by atoms with Crippen LogP contribution in [-0.2, 0) is 10.0 Å². The maximum Gasteiger partial charge on any atom is 0.242 e. The van der Waals surface area contributed by atoms with E-state index in [-0.39, 0.29) is 16.0 Å². The summed E-state index contributed by atoms with van der Waals surface area (Å²) in [6, 6.07) is 4.50. The average Bonchev–Trinajstić information content (AvgIpc) is 2.25. The van der Waals surface area contributed by atoms with Crippen LogP contribution in [0.4, 0.5) is 0 Å². The van der Waals surface area contributed by atoms with E-state index in [1.165, 1.54) is 6.07 Å². The molecule has 18 heavy (non-hydrogen) atoms. The molecule has 0 aliphatic rings. The van der Waals surface area contributed by atoms with E-state index in [0.717, 1.165) is 10.9 Å². The summed E-state index contributed by atoms with van der Waals surface area (Å²) < 4.78 is 27.5. The molecule has 0 spiro atoms. The summed E-state index contributed by atoms with van der Waals surface area (Å²) in [7, 11) is -3.58. The van der Waals surface area contributed by atoms with Crippen LogP contribution in [0, 0.1) is 0 Å². The summed E-state index contributed by atoms with van der Waals surface area (Å²) >= 11 is 14.7. The molecule has 1 aromatic rings. The molecule has 0 heterocycles. The molecule has 7 heteroatoms. The highest BCUT2D eigenvalue weighted by atomic mass is 79.9. The summed E-state index contributed by atoms with van der Waals surface area (Å²) in [5.74, 6) is 0.519. The Labute approximate surface area is 126 Å². The summed E-state index contributed by atoms with van der Waals surface area (Å²) in [6.07, 6.45) is 1.45. The maximum atomic E-state index is 12.1. The molecule has 1 N–H and O–H groups in total. The van der Waals surface area contributed by atoms with Crippen molar-refractivity contribution in [2.24, 2.45) is 0 Å². The molecular weight excluding hydrogens is 361 g/mol. The van der Waals surface area contributed by atoms with Gasteiger partial charge in [0.15, 0.2) is 0 Å². The molecule has 3 nitrogen and oxygen atoms in total. The van der Waals surface area contributed by atoms with Gasteiger partial charge in [0, 0.05) is 16.4 Å². The monoisotopic (exact) mass is 373 g/mol. The van der Waals surface area contributed by atoms with Gasteiger partial charge in [-0.15, -0.1) is 11.6 Å². The Bertz CT molecular complexity index is 508. The normalized spacial score (nSPS) is 13.6. The standard InChI is InChI=1S/C11H14BrCl2NO2S/c1-8(3-2-6-13)15-18(16,17)11-5-4-9(12)7-10(11)14/h4-5,7-8,15H,2-3,6H2,1H3. The maximum absolute atomic E-state index is 12.1. The Morgan fingerprint density at radius 1 is 1.44 bits per heavy atom. The van der Waals surface area contributed by atoms with Crippen LogP contribution in [0.2, 0.25) is 5.02 Å². The van der Waals surface area contributed by atoms with Crippen molar-refractivity contribution in [1.29, 1.82) is 0 Å². The molecule has 1 aromatic carbocycles. The van der Waals surface area contributed by atoms with Crippen molar-refractivity contribution >= 4 is 49.2 Å². The fourth-order valence-electron chi connectivity index (χ4n) is 1.46. The van der Waals surface area contributed by atoms with Crippen molar-refractivity contribution < 1.29 is 8.42 Å². The van der Waals surface area contributed by atoms with Gasteiger partial charge >= 0.3 is 0 Å². The zero-order chi connectivity index (χ0) is 13.8. The number of benzene rings is 1. The zero-order valence-corrected chi connectivity index (χ0v) is 13.7. The minimum atomic E-state index is -3.58. The lowest BCUT2D eigenvalue weighted by atomic mass is 10.2. The zero-order valence-electron chi connectivity index (χ0n) is 9.79. The Morgan fingerprint density at radius 2 is 2.11 bits per heavy atom. The smallest absolute Gasteiger partial charge is 0.208 e. The van der Waals surface area contributed by atoms with Gasteiger partial charge in [0.1, 0.15) is 4.90 Å². The van der Waals surface area contributed by atoms with Crippen LogP contribution in [0.15, 0.2) is 27.6 Å². The van der Waals surface area contributed by atoms with E-state index in [1.54, 1.807) is 19.1 Å². The van der Waals surface area contributed by atoms with Crippen LogP contribution in [0.1, 0.15) is 19.8 Å². The summed E-state index contributed by atoms with van der Waals surface area (Å²) in [4.78, 5) is 0.0880. The van der Waals surface area contributed by atoms with Crippen LogP contribution in [0.25, 0.3) is 0 Å². The highest BCUT2D eigenvalue weighted by molar-refractivity contribution is 9.10. The van der Waals surface area contributed by atoms with Gasteiger partial charge in [-0.1, -0.05) is 27.5 Å². The van der Waals surface area contributed by atoms with Crippen molar-refractivity contribution in [3.63, 3.8) is 0 Å². The van der Waals surface area contributed by atoms with E-state index in [4.69, 9.17) is 23.2 Å². The Kier molecular flexibility index (Phi) is 6.41. The molecule has 0 saturated heterocycles. The van der Waals surface area contributed by atoms with Crippen LogP contribution in [0.3, 0.4) is 0 Å². The largest absolute Gasteiger partial charge is 0.242 e. The molecule has 102 valence electrons. The molecule has 0 bridgehead atoms. The summed E-state index contributed by atoms with van der Waals surface area (Å²) in [6.45, 7) is 1.80. The Balaban J connectivity index is 2.86. The van der Waals surface area contributed by atoms with Crippen LogP contribution >= 0.6 is 39.1 Å². The van der Waals surface area contributed by atoms with Crippen LogP contribution < -0.4 is 4.72 Å². The van der Waals surface area contributed by atoms with Gasteiger partial charge in [-0.25, -0.2) is 13.1 Å². The molecule has 0 aliphatic heterocycles. The topological polar surface area (TPSA) is 46.2 Å². The number of hydrogen-bond donors (Lipinski definition) is 1. The minimum Gasteiger partial charge on any atom is -0.208 e. The minimum absolute atomic E-state index is 0.0880. The lowest BCUT2D eigenvalue weighted by molar-refractivity contribution is 0.544. The van der Waals surface area contributed by atoms with Gasteiger partial charge in [0.05, 0.1) is 5.02 Å². The highest BCUT2D eigenvalue weighted by Crippen LogP contribution is 2.25. The quantitative estimate of drug-likeness (QED) is 0.770. The fraction of sp³-hybridized carbons (Fsp3) is 0.455. The second-order valence-corrected chi connectivity index (χ2v) is 7.31. The van der Waals surface area contributed by atoms with Crippen LogP contribution in [-0.4, -0.2) is 20.3 Å². The van der Waals surface area contributed by atoms with Gasteiger partial charge in [-0.3, -0.25) is 0 Å². The molecule has 1 rings (SSSR count). The van der Waals surface area contributed by atoms with Gasteiger partial charge in [-0.05, 0) is 38.0 Å². The first-order chi connectivity index (χ1) is 8.36. The fourth-order valence-corrected chi connectivity index (χ4v) is 3.93. The first-order valence-corrected chi connectivity index (χ1v) is 8.59. The van der Waals surface area contributed by atoms with Crippen molar-refractivity contribution in [3.8, 4) is 0 Å². The number of nitrogens with one attached hydrogen (secondary N) is 1. The Morgan fingerprint density at radius 3 is 2.67 bits per heavy atom. The number of rotatable bonds is 6. The molecular formula is C11H14BrCl2NO2S. The predicted octanol–water partition coefficient (Wildman–Crippen LogP) is 3.79. The van der Waals surface area contributed by atoms with E-state index >= 15 is 0 Å². The van der Waals surface area contributed by atoms with E-state index in [9.17, 15) is 8.42 Å². The number of halogens is 3. The molecule has 0 aliphatic carbocycles. The number of sulfonamides is 1. The lowest BCUT2D eigenvalue weighted by Gasteiger charge is -2.14. The Hall–Kier alpha value is 0.190. The van der Waals surface area contributed by atoms with Crippen molar-refractivity contribution in [3.05, 3.63) is 27.7 Å². The SMILES string of the molecule is CC(CCCCl)NS(=O)(=O)c1ccc(Br)cc1Cl. The molecule has 1 unspecified atom stereocenters. The van der Waals surface area contributed by atoms with Crippen molar-refractivity contribution in [2.75, 3.05) is 5.88 Å². The lowest BCUT2D eigenvalue weighted by Crippen LogP contribution is -2.32. The first-order valence-electron chi connectivity index (χ1n) is 5.40. The molecule has 0 amide bonds. The number of hydrogen-bond acceptors (Lipinski definition) is 2. The first kappa shape index (κ1) is 16.2. The van der Waals surface area contributed by atoms with E-state index in [0.29, 0.717) is 12.3 Å². The molecule has 0 radical (unpaired) electrons. The van der Waals surface area contributed by atoms with E-state index < -0.39 is 10.0 Å². The summed E-state index contributed by atoms with van der Waals surface area (Å²) in [5.41, 5.74) is 0. The molecule has 0 saturated carbocycles. The second-order valence-electron chi connectivity index (χ2n) is 3.93. The molecule has 1 atom stereocenters. The van der Waals surface area contributed by atoms with Crippen molar-refractivity contribution in [2.45, 2.75) is 30.7 Å². The molecule has 0 aromatic heterocycles. The predicted molar refractivity (Wildman–Crippen MR) is 78.9 cm³/mol. The van der Waals surface area contributed by atoms with Gasteiger partial charge in [0.25, 0.3) is 0 Å².